The van der Waals surface area contributed by atoms with E-state index in [0.717, 1.165) is 24.2 Å². The van der Waals surface area contributed by atoms with Gasteiger partial charge in [0.2, 0.25) is 0 Å². The fraction of sp³-hybridized carbons (Fsp3) is 0.500. The summed E-state index contributed by atoms with van der Waals surface area (Å²) in [6.45, 7) is 2.82. The Labute approximate surface area is 94.7 Å². The number of hydrogen-bond acceptors (Lipinski definition) is 4. The van der Waals surface area contributed by atoms with Crippen LogP contribution < -0.4 is 4.74 Å². The summed E-state index contributed by atoms with van der Waals surface area (Å²) in [5, 5.41) is 9.35. The minimum absolute atomic E-state index is 0.000787. The van der Waals surface area contributed by atoms with E-state index in [1.807, 2.05) is 13.0 Å². The van der Waals surface area contributed by atoms with Crippen molar-refractivity contribution in [2.24, 2.45) is 0 Å². The minimum Gasteiger partial charge on any atom is -0.508 e. The van der Waals surface area contributed by atoms with Crippen LogP contribution in [0.2, 0.25) is 0 Å². The van der Waals surface area contributed by atoms with Crippen molar-refractivity contribution in [2.45, 2.75) is 25.9 Å². The Morgan fingerprint density at radius 1 is 1.44 bits per heavy atom. The number of ether oxygens (including phenoxy) is 1. The van der Waals surface area contributed by atoms with Crippen molar-refractivity contribution >= 4 is 0 Å². The Balaban J connectivity index is 1.94. The first kappa shape index (κ1) is 11.2. The van der Waals surface area contributed by atoms with Gasteiger partial charge >= 0.3 is 0 Å². The first-order chi connectivity index (χ1) is 7.79. The summed E-state index contributed by atoms with van der Waals surface area (Å²) in [7, 11) is 0. The molecular formula is C12H16O4. The summed E-state index contributed by atoms with van der Waals surface area (Å²) < 4.78 is 5.69. The lowest BCUT2D eigenvalue weighted by atomic mass is 10.0. The predicted molar refractivity (Wildman–Crippen MR) is 58.4 cm³/mol. The average molecular weight is 224 g/mol. The van der Waals surface area contributed by atoms with E-state index in [0.29, 0.717) is 13.2 Å². The maximum absolute atomic E-state index is 9.35. The molecule has 0 saturated heterocycles. The summed E-state index contributed by atoms with van der Waals surface area (Å²) >= 11 is 0. The second-order valence-electron chi connectivity index (χ2n) is 3.76. The third-order valence-electron chi connectivity index (χ3n) is 2.54. The number of aromatic hydroxyl groups is 1. The van der Waals surface area contributed by atoms with E-state index in [4.69, 9.17) is 14.5 Å². The van der Waals surface area contributed by atoms with Gasteiger partial charge in [-0.15, -0.1) is 0 Å². The molecule has 0 aromatic heterocycles. The normalized spacial score (nSPS) is 18.9. The Bertz CT molecular complexity index is 351. The standard InChI is InChI=1S/C12H16O4/c1-2-14-15-8-11-6-4-9-3-5-10(13)7-12(9)16-11/h3,5,7,11,13H,2,4,6,8H2,1H3. The lowest BCUT2D eigenvalue weighted by molar-refractivity contribution is -0.300. The van der Waals surface area contributed by atoms with E-state index in [1.54, 1.807) is 12.1 Å². The molecule has 1 atom stereocenters. The molecule has 1 heterocycles. The van der Waals surface area contributed by atoms with Crippen molar-refractivity contribution in [1.82, 2.24) is 0 Å². The molecule has 0 spiro atoms. The van der Waals surface area contributed by atoms with Crippen molar-refractivity contribution < 1.29 is 19.6 Å². The molecule has 0 saturated carbocycles. The molecule has 1 N–H and O–H groups in total. The number of fused-ring (bicyclic) bond motifs is 1. The maximum Gasteiger partial charge on any atom is 0.126 e. The van der Waals surface area contributed by atoms with Crippen LogP contribution in [0.1, 0.15) is 18.9 Å². The Morgan fingerprint density at radius 2 is 2.31 bits per heavy atom. The van der Waals surface area contributed by atoms with Gasteiger partial charge in [0.1, 0.15) is 24.2 Å². The monoisotopic (exact) mass is 224 g/mol. The fourth-order valence-electron chi connectivity index (χ4n) is 1.74. The topological polar surface area (TPSA) is 47.9 Å². The van der Waals surface area contributed by atoms with Crippen molar-refractivity contribution in [3.63, 3.8) is 0 Å². The molecule has 2 rings (SSSR count). The molecule has 1 unspecified atom stereocenters. The van der Waals surface area contributed by atoms with Crippen LogP contribution in [0.5, 0.6) is 11.5 Å². The molecule has 1 aliphatic rings. The Morgan fingerprint density at radius 3 is 3.12 bits per heavy atom. The summed E-state index contributed by atoms with van der Waals surface area (Å²) in [6, 6.07) is 5.21. The molecule has 88 valence electrons. The number of phenolic OH excluding ortho intramolecular Hbond substituents is 1. The molecule has 0 bridgehead atoms. The van der Waals surface area contributed by atoms with Crippen LogP contribution in [0.3, 0.4) is 0 Å². The van der Waals surface area contributed by atoms with Crippen LogP contribution in [0.4, 0.5) is 0 Å². The molecule has 0 radical (unpaired) electrons. The molecule has 1 aliphatic heterocycles. The SMILES string of the molecule is CCOOCC1CCc2ccc(O)cc2O1. The highest BCUT2D eigenvalue weighted by Gasteiger charge is 2.20. The third-order valence-corrected chi connectivity index (χ3v) is 2.54. The molecule has 0 fully saturated rings. The van der Waals surface area contributed by atoms with Crippen LogP contribution in [-0.2, 0) is 16.2 Å². The summed E-state index contributed by atoms with van der Waals surface area (Å²) in [5.41, 5.74) is 1.13. The van der Waals surface area contributed by atoms with Gasteiger partial charge in [0.15, 0.2) is 0 Å². The van der Waals surface area contributed by atoms with Gasteiger partial charge in [-0.25, -0.2) is 9.78 Å². The lowest BCUT2D eigenvalue weighted by Gasteiger charge is -2.25. The zero-order chi connectivity index (χ0) is 11.4. The Kier molecular flexibility index (Phi) is 3.64. The van der Waals surface area contributed by atoms with Gasteiger partial charge in [-0.1, -0.05) is 6.07 Å². The van der Waals surface area contributed by atoms with E-state index < -0.39 is 0 Å². The molecular weight excluding hydrogens is 208 g/mol. The smallest absolute Gasteiger partial charge is 0.126 e. The van der Waals surface area contributed by atoms with Crippen molar-refractivity contribution in [1.29, 1.82) is 0 Å². The Hall–Kier alpha value is -1.26. The van der Waals surface area contributed by atoms with E-state index in [1.165, 1.54) is 0 Å². The molecule has 0 amide bonds. The zero-order valence-corrected chi connectivity index (χ0v) is 9.31. The highest BCUT2D eigenvalue weighted by Crippen LogP contribution is 2.30. The molecule has 0 aliphatic carbocycles. The fourth-order valence-corrected chi connectivity index (χ4v) is 1.74. The second kappa shape index (κ2) is 5.18. The predicted octanol–water partition coefficient (Wildman–Crippen LogP) is 2.05. The minimum atomic E-state index is 0.000787. The van der Waals surface area contributed by atoms with Crippen LogP contribution in [0.15, 0.2) is 18.2 Å². The number of benzene rings is 1. The van der Waals surface area contributed by atoms with E-state index in [2.05, 4.69) is 0 Å². The molecule has 4 heteroatoms. The lowest BCUT2D eigenvalue weighted by Crippen LogP contribution is -2.27. The van der Waals surface area contributed by atoms with E-state index in [9.17, 15) is 5.11 Å². The van der Waals surface area contributed by atoms with Crippen LogP contribution in [0.25, 0.3) is 0 Å². The van der Waals surface area contributed by atoms with E-state index >= 15 is 0 Å². The number of phenols is 1. The van der Waals surface area contributed by atoms with Gasteiger partial charge in [-0.2, -0.15) is 0 Å². The van der Waals surface area contributed by atoms with Crippen molar-refractivity contribution in [3.8, 4) is 11.5 Å². The largest absolute Gasteiger partial charge is 0.508 e. The third kappa shape index (κ3) is 2.65. The molecule has 16 heavy (non-hydrogen) atoms. The first-order valence-electron chi connectivity index (χ1n) is 5.52. The highest BCUT2D eigenvalue weighted by molar-refractivity contribution is 5.41. The van der Waals surface area contributed by atoms with Gasteiger partial charge in [0.25, 0.3) is 0 Å². The van der Waals surface area contributed by atoms with E-state index in [-0.39, 0.29) is 11.9 Å². The van der Waals surface area contributed by atoms with Crippen molar-refractivity contribution in [2.75, 3.05) is 13.2 Å². The zero-order valence-electron chi connectivity index (χ0n) is 9.31. The highest BCUT2D eigenvalue weighted by atomic mass is 17.2. The van der Waals surface area contributed by atoms with Crippen LogP contribution in [0, 0.1) is 0 Å². The molecule has 1 aromatic carbocycles. The van der Waals surface area contributed by atoms with Crippen LogP contribution >= 0.6 is 0 Å². The van der Waals surface area contributed by atoms with Gasteiger partial charge in [0.05, 0.1) is 6.61 Å². The molecule has 4 nitrogen and oxygen atoms in total. The van der Waals surface area contributed by atoms with Crippen molar-refractivity contribution in [3.05, 3.63) is 23.8 Å². The van der Waals surface area contributed by atoms with Gasteiger partial charge in [0, 0.05) is 6.07 Å². The van der Waals surface area contributed by atoms with Gasteiger partial charge in [-0.05, 0) is 31.4 Å². The number of hydrogen-bond donors (Lipinski definition) is 1. The average Bonchev–Trinajstić information content (AvgIpc) is 2.29. The van der Waals surface area contributed by atoms with Gasteiger partial charge < -0.3 is 9.84 Å². The number of aryl methyl sites for hydroxylation is 1. The second-order valence-corrected chi connectivity index (χ2v) is 3.76. The maximum atomic E-state index is 9.35. The van der Waals surface area contributed by atoms with Gasteiger partial charge in [-0.3, -0.25) is 0 Å². The summed E-state index contributed by atoms with van der Waals surface area (Å²) in [4.78, 5) is 9.80. The number of rotatable bonds is 4. The first-order valence-corrected chi connectivity index (χ1v) is 5.52. The summed E-state index contributed by atoms with van der Waals surface area (Å²) in [5.74, 6) is 0.974. The van der Waals surface area contributed by atoms with Crippen LogP contribution in [-0.4, -0.2) is 24.4 Å². The molecule has 1 aromatic rings. The summed E-state index contributed by atoms with van der Waals surface area (Å²) in [6.07, 6.45) is 1.85. The quantitative estimate of drug-likeness (QED) is 0.483.